The summed E-state index contributed by atoms with van der Waals surface area (Å²) in [6, 6.07) is 8.48. The Balaban J connectivity index is 2.37. The van der Waals surface area contributed by atoms with Crippen LogP contribution in [0.25, 0.3) is 0 Å². The van der Waals surface area contributed by atoms with Crippen LogP contribution >= 0.6 is 38.5 Å². The highest BCUT2D eigenvalue weighted by molar-refractivity contribution is 14.1. The maximum atomic E-state index is 3.75. The lowest BCUT2D eigenvalue weighted by atomic mass is 10.2. The van der Waals surface area contributed by atoms with Crippen molar-refractivity contribution in [2.75, 3.05) is 6.54 Å². The van der Waals surface area contributed by atoms with E-state index in [0.29, 0.717) is 0 Å². The van der Waals surface area contributed by atoms with Gasteiger partial charge in [-0.2, -0.15) is 0 Å². The molecule has 0 bridgehead atoms. The van der Waals surface area contributed by atoms with E-state index in [-0.39, 0.29) is 0 Å². The van der Waals surface area contributed by atoms with E-state index in [2.05, 4.69) is 74.7 Å². The van der Waals surface area contributed by atoms with Gasteiger partial charge in [0.05, 0.1) is 0 Å². The molecule has 0 aromatic heterocycles. The summed E-state index contributed by atoms with van der Waals surface area (Å²) in [6.45, 7) is 5.46. The van der Waals surface area contributed by atoms with Gasteiger partial charge in [0, 0.05) is 21.1 Å². The number of benzene rings is 1. The molecule has 3 heteroatoms. The summed E-state index contributed by atoms with van der Waals surface area (Å²) in [4.78, 5) is 0. The SMILES string of the molecule is C=C(Br)CNCc1ccc(I)cc1. The molecule has 0 aliphatic carbocycles. The Hall–Kier alpha value is 0.130. The Morgan fingerprint density at radius 1 is 1.38 bits per heavy atom. The van der Waals surface area contributed by atoms with Crippen molar-refractivity contribution in [3.63, 3.8) is 0 Å². The maximum Gasteiger partial charge on any atom is 0.0268 e. The fraction of sp³-hybridized carbons (Fsp3) is 0.200. The number of halogens is 2. The molecule has 1 rings (SSSR count). The van der Waals surface area contributed by atoms with Crippen molar-refractivity contribution in [1.29, 1.82) is 0 Å². The first-order chi connectivity index (χ1) is 6.18. The largest absolute Gasteiger partial charge is 0.308 e. The van der Waals surface area contributed by atoms with Crippen molar-refractivity contribution in [1.82, 2.24) is 5.32 Å². The zero-order valence-electron chi connectivity index (χ0n) is 7.19. The van der Waals surface area contributed by atoms with E-state index in [1.807, 2.05) is 0 Å². The van der Waals surface area contributed by atoms with Gasteiger partial charge in [-0.05, 0) is 40.3 Å². The molecule has 0 aliphatic heterocycles. The second-order valence-electron chi connectivity index (χ2n) is 2.75. The minimum Gasteiger partial charge on any atom is -0.308 e. The van der Waals surface area contributed by atoms with Crippen LogP contribution in [0.1, 0.15) is 5.56 Å². The van der Waals surface area contributed by atoms with Crippen LogP contribution in [0.3, 0.4) is 0 Å². The van der Waals surface area contributed by atoms with Gasteiger partial charge in [0.25, 0.3) is 0 Å². The third kappa shape index (κ3) is 4.78. The number of nitrogens with one attached hydrogen (secondary N) is 1. The van der Waals surface area contributed by atoms with Gasteiger partial charge in [-0.3, -0.25) is 0 Å². The molecule has 13 heavy (non-hydrogen) atoms. The van der Waals surface area contributed by atoms with Crippen LogP contribution in [0, 0.1) is 3.57 Å². The normalized spacial score (nSPS) is 10.0. The monoisotopic (exact) mass is 351 g/mol. The lowest BCUT2D eigenvalue weighted by molar-refractivity contribution is 0.757. The first-order valence-corrected chi connectivity index (χ1v) is 5.84. The zero-order valence-corrected chi connectivity index (χ0v) is 10.9. The first-order valence-electron chi connectivity index (χ1n) is 3.97. The summed E-state index contributed by atoms with van der Waals surface area (Å²) >= 11 is 5.60. The van der Waals surface area contributed by atoms with E-state index in [4.69, 9.17) is 0 Å². The van der Waals surface area contributed by atoms with Gasteiger partial charge in [0.15, 0.2) is 0 Å². The summed E-state index contributed by atoms with van der Waals surface area (Å²) in [6.07, 6.45) is 0. The molecular formula is C10H11BrIN. The summed E-state index contributed by atoms with van der Waals surface area (Å²) in [5.74, 6) is 0. The first kappa shape index (κ1) is 11.2. The highest BCUT2D eigenvalue weighted by Gasteiger charge is 1.92. The second-order valence-corrected chi connectivity index (χ2v) is 5.11. The summed E-state index contributed by atoms with van der Waals surface area (Å²) < 4.78 is 2.25. The molecule has 0 heterocycles. The van der Waals surface area contributed by atoms with Crippen LogP contribution < -0.4 is 5.32 Å². The Kier molecular flexibility index (Phi) is 4.98. The molecule has 70 valence electrons. The molecule has 1 aromatic rings. The molecule has 0 unspecified atom stereocenters. The van der Waals surface area contributed by atoms with Gasteiger partial charge in [-0.1, -0.05) is 34.6 Å². The summed E-state index contributed by atoms with van der Waals surface area (Å²) in [7, 11) is 0. The third-order valence-corrected chi connectivity index (χ3v) is 2.56. The smallest absolute Gasteiger partial charge is 0.0268 e. The van der Waals surface area contributed by atoms with Crippen molar-refractivity contribution in [3.8, 4) is 0 Å². The van der Waals surface area contributed by atoms with E-state index in [1.54, 1.807) is 0 Å². The maximum absolute atomic E-state index is 3.75. The number of hydrogen-bond acceptors (Lipinski definition) is 1. The highest BCUT2D eigenvalue weighted by Crippen LogP contribution is 2.06. The minimum atomic E-state index is 0.811. The molecule has 1 N–H and O–H groups in total. The average molecular weight is 352 g/mol. The van der Waals surface area contributed by atoms with Crippen molar-refractivity contribution < 1.29 is 0 Å². The minimum absolute atomic E-state index is 0.811. The van der Waals surface area contributed by atoms with Crippen LogP contribution in [0.2, 0.25) is 0 Å². The van der Waals surface area contributed by atoms with Crippen LogP contribution in [0.5, 0.6) is 0 Å². The predicted molar refractivity (Wildman–Crippen MR) is 68.9 cm³/mol. The molecule has 1 nitrogen and oxygen atoms in total. The molecule has 1 aromatic carbocycles. The van der Waals surface area contributed by atoms with Gasteiger partial charge >= 0.3 is 0 Å². The standard InChI is InChI=1S/C10H11BrIN/c1-8(11)6-13-7-9-2-4-10(12)5-3-9/h2-5,13H,1,6-7H2. The Labute approximate surface area is 101 Å². The fourth-order valence-electron chi connectivity index (χ4n) is 0.945. The van der Waals surface area contributed by atoms with Crippen LogP contribution in [0.4, 0.5) is 0 Å². The van der Waals surface area contributed by atoms with E-state index < -0.39 is 0 Å². The quantitative estimate of drug-likeness (QED) is 0.821. The van der Waals surface area contributed by atoms with Gasteiger partial charge in [0.2, 0.25) is 0 Å². The van der Waals surface area contributed by atoms with E-state index in [0.717, 1.165) is 17.6 Å². The molecule has 0 spiro atoms. The molecule has 0 saturated carbocycles. The van der Waals surface area contributed by atoms with Gasteiger partial charge in [-0.15, -0.1) is 0 Å². The Morgan fingerprint density at radius 2 is 2.00 bits per heavy atom. The molecule has 0 atom stereocenters. The molecule has 0 fully saturated rings. The topological polar surface area (TPSA) is 12.0 Å². The van der Waals surface area contributed by atoms with Crippen molar-refractivity contribution in [3.05, 3.63) is 44.5 Å². The predicted octanol–water partition coefficient (Wildman–Crippen LogP) is 3.29. The Bertz CT molecular complexity index is 281. The highest BCUT2D eigenvalue weighted by atomic mass is 127. The molecule has 0 radical (unpaired) electrons. The van der Waals surface area contributed by atoms with Gasteiger partial charge in [0.1, 0.15) is 0 Å². The third-order valence-electron chi connectivity index (χ3n) is 1.56. The molecule has 0 aliphatic rings. The van der Waals surface area contributed by atoms with Crippen molar-refractivity contribution >= 4 is 38.5 Å². The van der Waals surface area contributed by atoms with Crippen molar-refractivity contribution in [2.45, 2.75) is 6.54 Å². The number of rotatable bonds is 4. The second kappa shape index (κ2) is 5.78. The Morgan fingerprint density at radius 3 is 2.54 bits per heavy atom. The summed E-state index contributed by atoms with van der Waals surface area (Å²) in [5.41, 5.74) is 1.30. The lowest BCUT2D eigenvalue weighted by Gasteiger charge is -2.03. The van der Waals surface area contributed by atoms with Crippen molar-refractivity contribution in [2.24, 2.45) is 0 Å². The summed E-state index contributed by atoms with van der Waals surface area (Å²) in [5, 5.41) is 3.27. The lowest BCUT2D eigenvalue weighted by Crippen LogP contribution is -2.14. The van der Waals surface area contributed by atoms with Gasteiger partial charge in [-0.25, -0.2) is 0 Å². The van der Waals surface area contributed by atoms with E-state index in [1.165, 1.54) is 9.13 Å². The van der Waals surface area contributed by atoms with Gasteiger partial charge < -0.3 is 5.32 Å². The number of hydrogen-bond donors (Lipinski definition) is 1. The fourth-order valence-corrected chi connectivity index (χ4v) is 1.50. The van der Waals surface area contributed by atoms with Crippen LogP contribution in [0.15, 0.2) is 35.3 Å². The van der Waals surface area contributed by atoms with E-state index >= 15 is 0 Å². The van der Waals surface area contributed by atoms with Crippen LogP contribution in [-0.4, -0.2) is 6.54 Å². The zero-order chi connectivity index (χ0) is 9.68. The molecule has 0 saturated heterocycles. The molecular weight excluding hydrogens is 341 g/mol. The average Bonchev–Trinajstić information content (AvgIpc) is 2.08. The van der Waals surface area contributed by atoms with E-state index in [9.17, 15) is 0 Å². The van der Waals surface area contributed by atoms with Crippen LogP contribution in [-0.2, 0) is 6.54 Å². The molecule has 0 amide bonds.